The van der Waals surface area contributed by atoms with Gasteiger partial charge < -0.3 is 19.4 Å². The van der Waals surface area contributed by atoms with Crippen LogP contribution in [0.1, 0.15) is 15.2 Å². The number of piperazine rings is 1. The Morgan fingerprint density at radius 3 is 2.56 bits per heavy atom. The van der Waals surface area contributed by atoms with E-state index in [1.165, 1.54) is 11.3 Å². The minimum atomic E-state index is 0.126. The summed E-state index contributed by atoms with van der Waals surface area (Å²) in [6.45, 7) is 8.50. The average molecular weight is 361 g/mol. The second kappa shape index (κ2) is 6.86. The number of hydrogen-bond acceptors (Lipinski definition) is 7. The predicted molar refractivity (Wildman–Crippen MR) is 98.6 cm³/mol. The fourth-order valence-corrected chi connectivity index (χ4v) is 4.54. The van der Waals surface area contributed by atoms with E-state index in [1.54, 1.807) is 6.33 Å². The normalized spacial score (nSPS) is 19.6. The van der Waals surface area contributed by atoms with E-state index in [1.807, 2.05) is 11.8 Å². The molecule has 4 heterocycles. The van der Waals surface area contributed by atoms with Crippen molar-refractivity contribution >= 4 is 33.3 Å². The molecule has 2 fully saturated rings. The zero-order chi connectivity index (χ0) is 17.4. The Morgan fingerprint density at radius 1 is 1.12 bits per heavy atom. The summed E-state index contributed by atoms with van der Waals surface area (Å²) in [5.41, 5.74) is 1.01. The molecule has 0 unspecified atom stereocenters. The maximum Gasteiger partial charge on any atom is 0.264 e. The third-order valence-electron chi connectivity index (χ3n) is 5.00. The molecule has 1 amide bonds. The molecule has 2 aliphatic rings. The van der Waals surface area contributed by atoms with Crippen molar-refractivity contribution in [1.29, 1.82) is 0 Å². The van der Waals surface area contributed by atoms with E-state index >= 15 is 0 Å². The number of hydrogen-bond donors (Lipinski definition) is 0. The molecule has 0 aliphatic carbocycles. The van der Waals surface area contributed by atoms with Gasteiger partial charge in [0.15, 0.2) is 0 Å². The minimum Gasteiger partial charge on any atom is -0.378 e. The number of aryl methyl sites for hydroxylation is 1. The van der Waals surface area contributed by atoms with E-state index in [4.69, 9.17) is 4.74 Å². The molecule has 0 saturated carbocycles. The molecular weight excluding hydrogens is 338 g/mol. The number of likely N-dealkylation sites (N-methyl/N-ethyl adjacent to an activating group) is 1. The number of rotatable bonds is 2. The molecule has 0 spiro atoms. The molecule has 0 aromatic carbocycles. The lowest BCUT2D eigenvalue weighted by atomic mass is 10.1. The molecule has 2 aromatic rings. The van der Waals surface area contributed by atoms with Crippen molar-refractivity contribution in [3.8, 4) is 0 Å². The maximum absolute atomic E-state index is 13.0. The second-order valence-corrected chi connectivity index (χ2v) is 7.63. The Morgan fingerprint density at radius 2 is 1.84 bits per heavy atom. The molecule has 0 N–H and O–H groups in total. The standard InChI is InChI=1S/C17H23N5O2S/c1-12-13-15(21-7-9-24-10-8-21)18-11-19-16(13)25-14(12)17(23)22-5-3-20(2)4-6-22/h11H,3-10H2,1-2H3. The molecule has 2 aromatic heterocycles. The molecule has 2 saturated heterocycles. The van der Waals surface area contributed by atoms with Crippen molar-refractivity contribution in [3.05, 3.63) is 16.8 Å². The lowest BCUT2D eigenvalue weighted by Gasteiger charge is -2.32. The highest BCUT2D eigenvalue weighted by molar-refractivity contribution is 7.20. The van der Waals surface area contributed by atoms with Gasteiger partial charge in [0.2, 0.25) is 0 Å². The molecule has 4 rings (SSSR count). The van der Waals surface area contributed by atoms with Crippen molar-refractivity contribution in [3.63, 3.8) is 0 Å². The van der Waals surface area contributed by atoms with Gasteiger partial charge >= 0.3 is 0 Å². The van der Waals surface area contributed by atoms with Crippen molar-refractivity contribution in [2.45, 2.75) is 6.92 Å². The maximum atomic E-state index is 13.0. The molecule has 8 heteroatoms. The Kier molecular flexibility index (Phi) is 4.58. The van der Waals surface area contributed by atoms with Gasteiger partial charge in [-0.05, 0) is 19.5 Å². The van der Waals surface area contributed by atoms with Gasteiger partial charge in [0.25, 0.3) is 5.91 Å². The lowest BCUT2D eigenvalue weighted by molar-refractivity contribution is 0.0668. The molecular formula is C17H23N5O2S. The topological polar surface area (TPSA) is 61.8 Å². The summed E-state index contributed by atoms with van der Waals surface area (Å²) >= 11 is 1.49. The first kappa shape index (κ1) is 16.7. The summed E-state index contributed by atoms with van der Waals surface area (Å²) < 4.78 is 5.45. The van der Waals surface area contributed by atoms with Crippen LogP contribution in [0, 0.1) is 6.92 Å². The van der Waals surface area contributed by atoms with Crippen molar-refractivity contribution in [1.82, 2.24) is 19.8 Å². The third-order valence-corrected chi connectivity index (χ3v) is 6.19. The van der Waals surface area contributed by atoms with Gasteiger partial charge in [0, 0.05) is 39.3 Å². The number of amides is 1. The lowest BCUT2D eigenvalue weighted by Crippen LogP contribution is -2.47. The Balaban J connectivity index is 1.69. The minimum absolute atomic E-state index is 0.126. The van der Waals surface area contributed by atoms with Crippen molar-refractivity contribution in [2.75, 3.05) is 64.4 Å². The van der Waals surface area contributed by atoms with Crippen LogP contribution < -0.4 is 4.90 Å². The van der Waals surface area contributed by atoms with Crippen LogP contribution >= 0.6 is 11.3 Å². The monoisotopic (exact) mass is 361 g/mol. The predicted octanol–water partition coefficient (Wildman–Crippen LogP) is 1.22. The number of aromatic nitrogens is 2. The number of morpholine rings is 1. The van der Waals surface area contributed by atoms with E-state index in [-0.39, 0.29) is 5.91 Å². The summed E-state index contributed by atoms with van der Waals surface area (Å²) in [7, 11) is 2.09. The number of carbonyl (C=O) groups is 1. The number of carbonyl (C=O) groups excluding carboxylic acids is 1. The summed E-state index contributed by atoms with van der Waals surface area (Å²) in [6.07, 6.45) is 1.60. The first-order valence-corrected chi connectivity index (χ1v) is 9.51. The molecule has 134 valence electrons. The summed E-state index contributed by atoms with van der Waals surface area (Å²) in [6, 6.07) is 0. The number of nitrogens with zero attached hydrogens (tertiary/aromatic N) is 5. The number of anilines is 1. The van der Waals surface area contributed by atoms with Gasteiger partial charge in [-0.3, -0.25) is 4.79 Å². The highest BCUT2D eigenvalue weighted by Gasteiger charge is 2.27. The first-order chi connectivity index (χ1) is 12.1. The molecule has 2 aliphatic heterocycles. The van der Waals surface area contributed by atoms with Gasteiger partial charge in [0.1, 0.15) is 17.0 Å². The van der Waals surface area contributed by atoms with Gasteiger partial charge in [-0.25, -0.2) is 9.97 Å². The van der Waals surface area contributed by atoms with Crippen LogP contribution in [0.2, 0.25) is 0 Å². The van der Waals surface area contributed by atoms with Crippen LogP contribution in [0.4, 0.5) is 5.82 Å². The molecule has 0 atom stereocenters. The number of ether oxygens (including phenoxy) is 1. The number of thiophene rings is 1. The van der Waals surface area contributed by atoms with Crippen LogP contribution in [-0.2, 0) is 4.74 Å². The van der Waals surface area contributed by atoms with Crippen LogP contribution in [-0.4, -0.2) is 85.2 Å². The van der Waals surface area contributed by atoms with Gasteiger partial charge in [-0.2, -0.15) is 0 Å². The van der Waals surface area contributed by atoms with Gasteiger partial charge in [-0.15, -0.1) is 11.3 Å². The fourth-order valence-electron chi connectivity index (χ4n) is 3.43. The van der Waals surface area contributed by atoms with E-state index in [2.05, 4.69) is 26.8 Å². The SMILES string of the molecule is Cc1c(C(=O)N2CCN(C)CC2)sc2ncnc(N3CCOCC3)c12. The highest BCUT2D eigenvalue weighted by atomic mass is 32.1. The van der Waals surface area contributed by atoms with E-state index in [0.717, 1.165) is 65.7 Å². The van der Waals surface area contributed by atoms with E-state index in [0.29, 0.717) is 13.2 Å². The zero-order valence-corrected chi connectivity index (χ0v) is 15.5. The molecule has 7 nitrogen and oxygen atoms in total. The van der Waals surface area contributed by atoms with Crippen LogP contribution in [0.25, 0.3) is 10.2 Å². The summed E-state index contributed by atoms with van der Waals surface area (Å²) in [4.78, 5) is 30.1. The van der Waals surface area contributed by atoms with Gasteiger partial charge in [0.05, 0.1) is 23.5 Å². The molecule has 25 heavy (non-hydrogen) atoms. The third kappa shape index (κ3) is 3.09. The Bertz CT molecular complexity index is 779. The first-order valence-electron chi connectivity index (χ1n) is 8.70. The van der Waals surface area contributed by atoms with E-state index in [9.17, 15) is 4.79 Å². The largest absolute Gasteiger partial charge is 0.378 e. The van der Waals surface area contributed by atoms with Crippen molar-refractivity contribution < 1.29 is 9.53 Å². The zero-order valence-electron chi connectivity index (χ0n) is 14.7. The van der Waals surface area contributed by atoms with Crippen LogP contribution in [0.3, 0.4) is 0 Å². The van der Waals surface area contributed by atoms with Crippen LogP contribution in [0.5, 0.6) is 0 Å². The smallest absolute Gasteiger partial charge is 0.264 e. The quantitative estimate of drug-likeness (QED) is 0.802. The average Bonchev–Trinajstić information content (AvgIpc) is 2.99. The molecule has 0 radical (unpaired) electrons. The van der Waals surface area contributed by atoms with Crippen molar-refractivity contribution in [2.24, 2.45) is 0 Å². The fraction of sp³-hybridized carbons (Fsp3) is 0.588. The Labute approximate surface area is 151 Å². The highest BCUT2D eigenvalue weighted by Crippen LogP contribution is 2.35. The van der Waals surface area contributed by atoms with E-state index < -0.39 is 0 Å². The summed E-state index contributed by atoms with van der Waals surface area (Å²) in [5, 5.41) is 1.02. The second-order valence-electron chi connectivity index (χ2n) is 6.63. The summed E-state index contributed by atoms with van der Waals surface area (Å²) in [5.74, 6) is 1.06. The molecule has 0 bridgehead atoms. The Hall–Kier alpha value is -1.77. The number of fused-ring (bicyclic) bond motifs is 1. The van der Waals surface area contributed by atoms with Gasteiger partial charge in [-0.1, -0.05) is 0 Å². The van der Waals surface area contributed by atoms with Crippen LogP contribution in [0.15, 0.2) is 6.33 Å².